The Morgan fingerprint density at radius 1 is 1.43 bits per heavy atom. The molecule has 2 unspecified atom stereocenters. The van der Waals surface area contributed by atoms with Crippen LogP contribution in [0.2, 0.25) is 0 Å². The third-order valence-corrected chi connectivity index (χ3v) is 4.91. The molecule has 1 aliphatic heterocycles. The number of hydrogen-bond donors (Lipinski definition) is 1. The first-order chi connectivity index (χ1) is 10.0. The summed E-state index contributed by atoms with van der Waals surface area (Å²) in [4.78, 5) is 13.2. The minimum Gasteiger partial charge on any atom is -0.481 e. The van der Waals surface area contributed by atoms with Crippen LogP contribution in [-0.2, 0) is 11.2 Å². The molecule has 0 spiro atoms. The number of carboxylic acid groups (broad SMARTS) is 1. The van der Waals surface area contributed by atoms with Gasteiger partial charge in [0.2, 0.25) is 0 Å². The molecule has 1 aromatic carbocycles. The standard InChI is InChI=1S/C17H24BrNO2/c1-13(11-14-4-7-16(18)8-5-14)19-10-2-3-15(12-19)6-9-17(20)21/h4-5,7-8,13,15H,2-3,6,9-12H2,1H3,(H,20,21). The van der Waals surface area contributed by atoms with Gasteiger partial charge < -0.3 is 10.0 Å². The van der Waals surface area contributed by atoms with Crippen molar-refractivity contribution in [1.29, 1.82) is 0 Å². The molecule has 0 aliphatic carbocycles. The number of halogens is 1. The smallest absolute Gasteiger partial charge is 0.303 e. The second-order valence-corrected chi connectivity index (χ2v) is 7.03. The number of piperidine rings is 1. The van der Waals surface area contributed by atoms with Gasteiger partial charge in [0.1, 0.15) is 0 Å². The van der Waals surface area contributed by atoms with Crippen LogP contribution in [-0.4, -0.2) is 35.1 Å². The average molecular weight is 354 g/mol. The zero-order chi connectivity index (χ0) is 15.2. The molecule has 1 saturated heterocycles. The molecule has 2 rings (SSSR count). The second kappa shape index (κ2) is 7.95. The van der Waals surface area contributed by atoms with E-state index in [1.807, 2.05) is 0 Å². The van der Waals surface area contributed by atoms with Gasteiger partial charge in [-0.2, -0.15) is 0 Å². The topological polar surface area (TPSA) is 40.5 Å². The number of carboxylic acids is 1. The number of rotatable bonds is 6. The van der Waals surface area contributed by atoms with E-state index in [9.17, 15) is 4.79 Å². The predicted molar refractivity (Wildman–Crippen MR) is 88.5 cm³/mol. The fourth-order valence-electron chi connectivity index (χ4n) is 3.15. The van der Waals surface area contributed by atoms with E-state index in [4.69, 9.17) is 5.11 Å². The lowest BCUT2D eigenvalue weighted by Crippen LogP contribution is -2.42. The predicted octanol–water partition coefficient (Wildman–Crippen LogP) is 3.96. The van der Waals surface area contributed by atoms with Crippen molar-refractivity contribution < 1.29 is 9.90 Å². The molecular formula is C17H24BrNO2. The molecule has 116 valence electrons. The zero-order valence-corrected chi connectivity index (χ0v) is 14.2. The van der Waals surface area contributed by atoms with Crippen LogP contribution >= 0.6 is 15.9 Å². The van der Waals surface area contributed by atoms with E-state index in [2.05, 4.69) is 52.0 Å². The molecule has 2 atom stereocenters. The van der Waals surface area contributed by atoms with Crippen LogP contribution in [0.3, 0.4) is 0 Å². The summed E-state index contributed by atoms with van der Waals surface area (Å²) < 4.78 is 1.12. The molecule has 4 heteroatoms. The van der Waals surface area contributed by atoms with E-state index in [-0.39, 0.29) is 0 Å². The van der Waals surface area contributed by atoms with Crippen LogP contribution in [0.4, 0.5) is 0 Å². The molecule has 1 aromatic rings. The number of carbonyl (C=O) groups is 1. The quantitative estimate of drug-likeness (QED) is 0.841. The van der Waals surface area contributed by atoms with Crippen LogP contribution in [0.25, 0.3) is 0 Å². The monoisotopic (exact) mass is 353 g/mol. The first kappa shape index (κ1) is 16.5. The van der Waals surface area contributed by atoms with Gasteiger partial charge in [0, 0.05) is 23.5 Å². The third-order valence-electron chi connectivity index (χ3n) is 4.38. The van der Waals surface area contributed by atoms with Crippen LogP contribution in [0, 0.1) is 5.92 Å². The van der Waals surface area contributed by atoms with Gasteiger partial charge in [-0.1, -0.05) is 28.1 Å². The van der Waals surface area contributed by atoms with E-state index < -0.39 is 5.97 Å². The van der Waals surface area contributed by atoms with Gasteiger partial charge >= 0.3 is 5.97 Å². The number of benzene rings is 1. The van der Waals surface area contributed by atoms with E-state index in [0.29, 0.717) is 18.4 Å². The summed E-state index contributed by atoms with van der Waals surface area (Å²) in [6, 6.07) is 9.04. The SMILES string of the molecule is CC(Cc1ccc(Br)cc1)N1CCCC(CCC(=O)O)C1. The Morgan fingerprint density at radius 2 is 2.14 bits per heavy atom. The lowest BCUT2D eigenvalue weighted by atomic mass is 9.92. The molecule has 0 saturated carbocycles. The van der Waals surface area contributed by atoms with Gasteiger partial charge in [-0.15, -0.1) is 0 Å². The fourth-order valence-corrected chi connectivity index (χ4v) is 3.42. The molecule has 21 heavy (non-hydrogen) atoms. The van der Waals surface area contributed by atoms with Gasteiger partial charge in [0.25, 0.3) is 0 Å². The average Bonchev–Trinajstić information content (AvgIpc) is 2.48. The molecule has 1 heterocycles. The van der Waals surface area contributed by atoms with Crippen molar-refractivity contribution in [2.45, 2.75) is 45.1 Å². The molecule has 0 radical (unpaired) electrons. The van der Waals surface area contributed by atoms with Crippen molar-refractivity contribution in [2.75, 3.05) is 13.1 Å². The maximum absolute atomic E-state index is 10.7. The van der Waals surface area contributed by atoms with Crippen LogP contribution in [0.5, 0.6) is 0 Å². The number of hydrogen-bond acceptors (Lipinski definition) is 2. The minimum absolute atomic E-state index is 0.305. The van der Waals surface area contributed by atoms with Gasteiger partial charge in [-0.25, -0.2) is 0 Å². The van der Waals surface area contributed by atoms with Crippen molar-refractivity contribution in [2.24, 2.45) is 5.92 Å². The van der Waals surface area contributed by atoms with Crippen LogP contribution in [0.15, 0.2) is 28.7 Å². The van der Waals surface area contributed by atoms with Crippen LogP contribution < -0.4 is 0 Å². The first-order valence-corrected chi connectivity index (χ1v) is 8.54. The Kier molecular flexibility index (Phi) is 6.24. The maximum Gasteiger partial charge on any atom is 0.303 e. The summed E-state index contributed by atoms with van der Waals surface area (Å²) >= 11 is 3.47. The van der Waals surface area contributed by atoms with E-state index in [1.165, 1.54) is 18.4 Å². The van der Waals surface area contributed by atoms with Crippen molar-refractivity contribution in [3.63, 3.8) is 0 Å². The van der Waals surface area contributed by atoms with Gasteiger partial charge in [-0.3, -0.25) is 4.79 Å². The van der Waals surface area contributed by atoms with E-state index in [1.54, 1.807) is 0 Å². The molecular weight excluding hydrogens is 330 g/mol. The zero-order valence-electron chi connectivity index (χ0n) is 12.6. The summed E-state index contributed by atoms with van der Waals surface area (Å²) in [6.45, 7) is 4.47. The molecule has 1 fully saturated rings. The van der Waals surface area contributed by atoms with Crippen molar-refractivity contribution >= 4 is 21.9 Å². The first-order valence-electron chi connectivity index (χ1n) is 7.75. The highest BCUT2D eigenvalue weighted by Gasteiger charge is 2.23. The maximum atomic E-state index is 10.7. The van der Waals surface area contributed by atoms with Gasteiger partial charge in [-0.05, 0) is 62.8 Å². The summed E-state index contributed by atoms with van der Waals surface area (Å²) in [5, 5.41) is 8.82. The Morgan fingerprint density at radius 3 is 2.81 bits per heavy atom. The molecule has 1 aliphatic rings. The van der Waals surface area contributed by atoms with Gasteiger partial charge in [0.15, 0.2) is 0 Å². The summed E-state index contributed by atoms with van der Waals surface area (Å²) in [5.74, 6) is -0.128. The highest BCUT2D eigenvalue weighted by atomic mass is 79.9. The molecule has 0 amide bonds. The lowest BCUT2D eigenvalue weighted by Gasteiger charge is -2.37. The number of nitrogens with zero attached hydrogens (tertiary/aromatic N) is 1. The van der Waals surface area contributed by atoms with E-state index in [0.717, 1.165) is 30.4 Å². The molecule has 0 aromatic heterocycles. The summed E-state index contributed by atoms with van der Waals surface area (Å²) in [6.07, 6.45) is 4.54. The number of aliphatic carboxylic acids is 1. The fraction of sp³-hybridized carbons (Fsp3) is 0.588. The number of likely N-dealkylation sites (tertiary alicyclic amines) is 1. The molecule has 1 N–H and O–H groups in total. The minimum atomic E-state index is -0.671. The van der Waals surface area contributed by atoms with Crippen molar-refractivity contribution in [3.05, 3.63) is 34.3 Å². The third kappa shape index (κ3) is 5.44. The molecule has 3 nitrogen and oxygen atoms in total. The molecule has 0 bridgehead atoms. The summed E-state index contributed by atoms with van der Waals surface area (Å²) in [7, 11) is 0. The second-order valence-electron chi connectivity index (χ2n) is 6.12. The Bertz CT molecular complexity index is 460. The summed E-state index contributed by atoms with van der Waals surface area (Å²) in [5.41, 5.74) is 1.36. The highest BCUT2D eigenvalue weighted by Crippen LogP contribution is 2.24. The van der Waals surface area contributed by atoms with Gasteiger partial charge in [0.05, 0.1) is 0 Å². The normalized spacial score (nSPS) is 21.1. The van der Waals surface area contributed by atoms with E-state index >= 15 is 0 Å². The van der Waals surface area contributed by atoms with Crippen LogP contribution in [0.1, 0.15) is 38.2 Å². The van der Waals surface area contributed by atoms with Crippen molar-refractivity contribution in [3.8, 4) is 0 Å². The largest absolute Gasteiger partial charge is 0.481 e. The van der Waals surface area contributed by atoms with Crippen molar-refractivity contribution in [1.82, 2.24) is 4.90 Å². The Hall–Kier alpha value is -0.870. The Balaban J connectivity index is 1.85. The lowest BCUT2D eigenvalue weighted by molar-refractivity contribution is -0.137. The highest BCUT2D eigenvalue weighted by molar-refractivity contribution is 9.10. The Labute approximate surface area is 135 Å².